The Morgan fingerprint density at radius 1 is 1.40 bits per heavy atom. The second kappa shape index (κ2) is 7.51. The Kier molecular flexibility index (Phi) is 7.13. The third-order valence-electron chi connectivity index (χ3n) is 2.47. The van der Waals surface area contributed by atoms with E-state index in [1.165, 1.54) is 12.8 Å². The molecule has 0 aromatic carbocycles. The van der Waals surface area contributed by atoms with Gasteiger partial charge in [0.1, 0.15) is 5.84 Å². The van der Waals surface area contributed by atoms with Crippen molar-refractivity contribution in [3.05, 3.63) is 0 Å². The first-order chi connectivity index (χ1) is 7.02. The normalized spacial score (nSPS) is 13.1. The number of hydrogen-bond acceptors (Lipinski definition) is 3. The summed E-state index contributed by atoms with van der Waals surface area (Å²) in [5.41, 5.74) is 5.60. The van der Waals surface area contributed by atoms with Crippen LogP contribution in [0.15, 0.2) is 5.16 Å². The summed E-state index contributed by atoms with van der Waals surface area (Å²) in [5, 5.41) is 14.8. The summed E-state index contributed by atoms with van der Waals surface area (Å²) in [5.74, 6) is 0.322. The van der Waals surface area contributed by atoms with E-state index in [9.17, 15) is 0 Å². The van der Waals surface area contributed by atoms with E-state index in [4.69, 9.17) is 10.9 Å². The molecule has 0 radical (unpaired) electrons. The lowest BCUT2D eigenvalue weighted by Gasteiger charge is -2.25. The zero-order chi connectivity index (χ0) is 11.7. The van der Waals surface area contributed by atoms with Crippen LogP contribution in [-0.2, 0) is 0 Å². The zero-order valence-corrected chi connectivity index (χ0v) is 10.2. The van der Waals surface area contributed by atoms with Gasteiger partial charge in [0, 0.05) is 12.0 Å². The van der Waals surface area contributed by atoms with Crippen molar-refractivity contribution in [2.45, 2.75) is 58.4 Å². The molecule has 4 nitrogen and oxygen atoms in total. The van der Waals surface area contributed by atoms with Crippen LogP contribution in [0.3, 0.4) is 0 Å². The molecule has 4 heteroatoms. The molecule has 0 saturated carbocycles. The Morgan fingerprint density at radius 2 is 2.07 bits per heavy atom. The zero-order valence-electron chi connectivity index (χ0n) is 10.2. The van der Waals surface area contributed by atoms with Crippen molar-refractivity contribution in [1.82, 2.24) is 5.32 Å². The molecule has 0 aliphatic rings. The van der Waals surface area contributed by atoms with Gasteiger partial charge in [-0.2, -0.15) is 0 Å². The largest absolute Gasteiger partial charge is 0.409 e. The van der Waals surface area contributed by atoms with Crippen molar-refractivity contribution < 1.29 is 5.21 Å². The van der Waals surface area contributed by atoms with Crippen LogP contribution in [0.25, 0.3) is 0 Å². The van der Waals surface area contributed by atoms with Crippen molar-refractivity contribution in [1.29, 1.82) is 0 Å². The monoisotopic (exact) mass is 215 g/mol. The Labute approximate surface area is 92.9 Å². The third-order valence-corrected chi connectivity index (χ3v) is 2.47. The standard InChI is InChI=1S/C11H25N3O/c1-4-8-11(2,3)13-9-6-5-7-10(12)14-15/h13,15H,4-9H2,1-3H3,(H2,12,14). The fraction of sp³-hybridized carbons (Fsp3) is 0.909. The Balaban J connectivity index is 3.46. The van der Waals surface area contributed by atoms with E-state index in [1.54, 1.807) is 0 Å². The predicted molar refractivity (Wildman–Crippen MR) is 64.2 cm³/mol. The first-order valence-corrected chi connectivity index (χ1v) is 5.73. The second-order valence-electron chi connectivity index (χ2n) is 4.61. The molecule has 0 unspecified atom stereocenters. The summed E-state index contributed by atoms with van der Waals surface area (Å²) in [6, 6.07) is 0. The van der Waals surface area contributed by atoms with Gasteiger partial charge in [0.05, 0.1) is 0 Å². The number of hydrogen-bond donors (Lipinski definition) is 3. The van der Waals surface area contributed by atoms with Crippen LogP contribution in [0.4, 0.5) is 0 Å². The van der Waals surface area contributed by atoms with Gasteiger partial charge < -0.3 is 16.3 Å². The van der Waals surface area contributed by atoms with Gasteiger partial charge >= 0.3 is 0 Å². The Bertz CT molecular complexity index is 190. The molecule has 0 aliphatic heterocycles. The van der Waals surface area contributed by atoms with Crippen LogP contribution in [0.5, 0.6) is 0 Å². The average Bonchev–Trinajstić information content (AvgIpc) is 2.16. The highest BCUT2D eigenvalue weighted by Crippen LogP contribution is 2.10. The number of rotatable bonds is 8. The maximum absolute atomic E-state index is 8.34. The number of nitrogens with two attached hydrogens (primary N) is 1. The summed E-state index contributed by atoms with van der Waals surface area (Å²) in [7, 11) is 0. The molecule has 0 rings (SSSR count). The Hall–Kier alpha value is -0.770. The van der Waals surface area contributed by atoms with Gasteiger partial charge in [-0.1, -0.05) is 18.5 Å². The fourth-order valence-corrected chi connectivity index (χ4v) is 1.62. The lowest BCUT2D eigenvalue weighted by molar-refractivity contribution is 0.316. The number of nitrogens with zero attached hydrogens (tertiary/aromatic N) is 1. The average molecular weight is 215 g/mol. The van der Waals surface area contributed by atoms with Crippen LogP contribution >= 0.6 is 0 Å². The van der Waals surface area contributed by atoms with E-state index < -0.39 is 0 Å². The topological polar surface area (TPSA) is 70.6 Å². The van der Waals surface area contributed by atoms with Crippen LogP contribution < -0.4 is 11.1 Å². The van der Waals surface area contributed by atoms with Gasteiger partial charge in [-0.15, -0.1) is 0 Å². The molecule has 0 heterocycles. The smallest absolute Gasteiger partial charge is 0.139 e. The molecule has 15 heavy (non-hydrogen) atoms. The summed E-state index contributed by atoms with van der Waals surface area (Å²) in [4.78, 5) is 0. The van der Waals surface area contributed by atoms with E-state index in [1.807, 2.05) is 0 Å². The van der Waals surface area contributed by atoms with Gasteiger partial charge in [-0.05, 0) is 39.7 Å². The first-order valence-electron chi connectivity index (χ1n) is 5.73. The lowest BCUT2D eigenvalue weighted by atomic mass is 9.99. The quantitative estimate of drug-likeness (QED) is 0.191. The van der Waals surface area contributed by atoms with Crippen molar-refractivity contribution in [2.75, 3.05) is 6.54 Å². The lowest BCUT2D eigenvalue weighted by Crippen LogP contribution is -2.39. The van der Waals surface area contributed by atoms with Gasteiger partial charge in [0.2, 0.25) is 0 Å². The first kappa shape index (κ1) is 14.2. The molecule has 0 atom stereocenters. The minimum Gasteiger partial charge on any atom is -0.409 e. The van der Waals surface area contributed by atoms with Crippen LogP contribution in [0.1, 0.15) is 52.9 Å². The molecule has 0 fully saturated rings. The van der Waals surface area contributed by atoms with Crippen molar-refractivity contribution in [3.8, 4) is 0 Å². The highest BCUT2D eigenvalue weighted by molar-refractivity contribution is 5.79. The number of nitrogens with one attached hydrogen (secondary N) is 1. The van der Waals surface area contributed by atoms with Crippen molar-refractivity contribution in [3.63, 3.8) is 0 Å². The molecular formula is C11H25N3O. The van der Waals surface area contributed by atoms with Gasteiger partial charge in [-0.25, -0.2) is 0 Å². The molecule has 0 spiro atoms. The van der Waals surface area contributed by atoms with Crippen molar-refractivity contribution >= 4 is 5.84 Å². The molecule has 0 amide bonds. The van der Waals surface area contributed by atoms with E-state index in [2.05, 4.69) is 31.2 Å². The highest BCUT2D eigenvalue weighted by Gasteiger charge is 2.14. The SMILES string of the molecule is CCCC(C)(C)NCCCCC(N)=NO. The maximum Gasteiger partial charge on any atom is 0.139 e. The molecule has 0 saturated heterocycles. The molecule has 4 N–H and O–H groups in total. The van der Waals surface area contributed by atoms with Crippen LogP contribution in [-0.4, -0.2) is 23.1 Å². The molecule has 90 valence electrons. The van der Waals surface area contributed by atoms with Crippen molar-refractivity contribution in [2.24, 2.45) is 10.9 Å². The molecule has 0 aromatic heterocycles. The molecule has 0 bridgehead atoms. The minimum atomic E-state index is 0.228. The molecule has 0 aromatic rings. The van der Waals surface area contributed by atoms with Gasteiger partial charge in [-0.3, -0.25) is 0 Å². The number of amidine groups is 1. The van der Waals surface area contributed by atoms with E-state index in [0.717, 1.165) is 19.4 Å². The van der Waals surface area contributed by atoms with Crippen LogP contribution in [0.2, 0.25) is 0 Å². The predicted octanol–water partition coefficient (Wildman–Crippen LogP) is 2.07. The number of oxime groups is 1. The van der Waals surface area contributed by atoms with E-state index in [-0.39, 0.29) is 5.54 Å². The third kappa shape index (κ3) is 8.24. The maximum atomic E-state index is 8.34. The summed E-state index contributed by atoms with van der Waals surface area (Å²) >= 11 is 0. The minimum absolute atomic E-state index is 0.228. The second-order valence-corrected chi connectivity index (χ2v) is 4.61. The summed E-state index contributed by atoms with van der Waals surface area (Å²) in [6.45, 7) is 7.63. The van der Waals surface area contributed by atoms with Gasteiger partial charge in [0.15, 0.2) is 0 Å². The Morgan fingerprint density at radius 3 is 2.60 bits per heavy atom. The fourth-order valence-electron chi connectivity index (χ4n) is 1.62. The summed E-state index contributed by atoms with van der Waals surface area (Å²) < 4.78 is 0. The van der Waals surface area contributed by atoms with E-state index in [0.29, 0.717) is 12.3 Å². The van der Waals surface area contributed by atoms with Gasteiger partial charge in [0.25, 0.3) is 0 Å². The van der Waals surface area contributed by atoms with Crippen LogP contribution in [0, 0.1) is 0 Å². The number of unbranched alkanes of at least 4 members (excludes halogenated alkanes) is 1. The highest BCUT2D eigenvalue weighted by atomic mass is 16.4. The molecular weight excluding hydrogens is 190 g/mol. The van der Waals surface area contributed by atoms with E-state index >= 15 is 0 Å². The molecule has 0 aliphatic carbocycles. The summed E-state index contributed by atoms with van der Waals surface area (Å²) in [6.07, 6.45) is 5.08.